The van der Waals surface area contributed by atoms with Crippen LogP contribution in [0.15, 0.2) is 18.3 Å². The Kier molecular flexibility index (Phi) is 6.46. The first kappa shape index (κ1) is 14.7. The second-order valence-electron chi connectivity index (χ2n) is 4.44. The smallest absolute Gasteiger partial charge is 0.267 e. The second-order valence-corrected chi connectivity index (χ2v) is 4.44. The van der Waals surface area contributed by atoms with Gasteiger partial charge in [-0.1, -0.05) is 13.8 Å². The molecule has 0 unspecified atom stereocenters. The van der Waals surface area contributed by atoms with Crippen LogP contribution in [0.25, 0.3) is 0 Å². The summed E-state index contributed by atoms with van der Waals surface area (Å²) in [6.45, 7) is 6.87. The van der Waals surface area contributed by atoms with E-state index in [1.807, 2.05) is 22.9 Å². The first-order valence-electron chi connectivity index (χ1n) is 6.30. The number of carbonyl (C=O) groups excluding carboxylic acids is 1. The van der Waals surface area contributed by atoms with Gasteiger partial charge < -0.3 is 19.9 Å². The minimum absolute atomic E-state index is 0.0401. The molecule has 5 nitrogen and oxygen atoms in total. The third-order valence-electron chi connectivity index (χ3n) is 2.56. The molecule has 0 bridgehead atoms. The quantitative estimate of drug-likeness (QED) is 0.676. The minimum Gasteiger partial charge on any atom is -0.383 e. The molecule has 0 aliphatic carbocycles. The summed E-state index contributed by atoms with van der Waals surface area (Å²) in [6, 6.07) is 4.13. The van der Waals surface area contributed by atoms with Crippen LogP contribution in [0.4, 0.5) is 0 Å². The van der Waals surface area contributed by atoms with Crippen LogP contribution >= 0.6 is 0 Å². The molecule has 0 aromatic carbocycles. The molecular weight excluding hydrogens is 230 g/mol. The van der Waals surface area contributed by atoms with Gasteiger partial charge in [0.25, 0.3) is 5.91 Å². The lowest BCUT2D eigenvalue weighted by molar-refractivity contribution is 0.0941. The SMILES string of the molecule is COCCn1cccc1C(=O)NCCNC(C)C. The summed E-state index contributed by atoms with van der Waals surface area (Å²) >= 11 is 0. The van der Waals surface area contributed by atoms with Gasteiger partial charge in [0.1, 0.15) is 5.69 Å². The molecule has 1 rings (SSSR count). The lowest BCUT2D eigenvalue weighted by Crippen LogP contribution is -2.35. The van der Waals surface area contributed by atoms with Crippen LogP contribution in [0.3, 0.4) is 0 Å². The van der Waals surface area contributed by atoms with E-state index in [1.54, 1.807) is 7.11 Å². The Bertz CT molecular complexity index is 361. The molecule has 5 heteroatoms. The molecule has 0 aliphatic rings. The molecule has 18 heavy (non-hydrogen) atoms. The number of carbonyl (C=O) groups is 1. The van der Waals surface area contributed by atoms with Crippen molar-refractivity contribution in [3.8, 4) is 0 Å². The zero-order chi connectivity index (χ0) is 13.4. The standard InChI is InChI=1S/C13H23N3O2/c1-11(2)14-6-7-15-13(17)12-5-4-8-16(12)9-10-18-3/h4-5,8,11,14H,6-7,9-10H2,1-3H3,(H,15,17). The van der Waals surface area contributed by atoms with Gasteiger partial charge >= 0.3 is 0 Å². The maximum atomic E-state index is 11.9. The van der Waals surface area contributed by atoms with Crippen molar-refractivity contribution in [3.63, 3.8) is 0 Å². The summed E-state index contributed by atoms with van der Waals surface area (Å²) in [6.07, 6.45) is 1.89. The number of ether oxygens (including phenoxy) is 1. The van der Waals surface area contributed by atoms with Gasteiger partial charge in [0.05, 0.1) is 6.61 Å². The van der Waals surface area contributed by atoms with Gasteiger partial charge in [-0.25, -0.2) is 0 Å². The number of rotatable bonds is 8. The number of methoxy groups -OCH3 is 1. The van der Waals surface area contributed by atoms with E-state index in [0.29, 0.717) is 31.4 Å². The number of nitrogens with one attached hydrogen (secondary N) is 2. The number of nitrogens with zero attached hydrogens (tertiary/aromatic N) is 1. The Hall–Kier alpha value is -1.33. The van der Waals surface area contributed by atoms with Crippen LogP contribution in [-0.2, 0) is 11.3 Å². The monoisotopic (exact) mass is 253 g/mol. The van der Waals surface area contributed by atoms with Gasteiger partial charge in [-0.2, -0.15) is 0 Å². The summed E-state index contributed by atoms with van der Waals surface area (Å²) < 4.78 is 6.91. The number of amides is 1. The average Bonchev–Trinajstić information content (AvgIpc) is 2.79. The van der Waals surface area contributed by atoms with E-state index < -0.39 is 0 Å². The highest BCUT2D eigenvalue weighted by Gasteiger charge is 2.09. The molecule has 1 aromatic rings. The third kappa shape index (κ3) is 4.89. The molecule has 0 aliphatic heterocycles. The lowest BCUT2D eigenvalue weighted by atomic mass is 10.3. The van der Waals surface area contributed by atoms with Gasteiger partial charge in [0.15, 0.2) is 0 Å². The summed E-state index contributed by atoms with van der Waals surface area (Å²) in [5.74, 6) is -0.0401. The van der Waals surface area contributed by atoms with Crippen LogP contribution in [0.2, 0.25) is 0 Å². The van der Waals surface area contributed by atoms with E-state index in [2.05, 4.69) is 24.5 Å². The minimum atomic E-state index is -0.0401. The molecule has 1 amide bonds. The normalized spacial score (nSPS) is 10.9. The van der Waals surface area contributed by atoms with Crippen molar-refractivity contribution in [3.05, 3.63) is 24.0 Å². The van der Waals surface area contributed by atoms with Crippen molar-refractivity contribution < 1.29 is 9.53 Å². The predicted molar refractivity (Wildman–Crippen MR) is 71.8 cm³/mol. The Morgan fingerprint density at radius 2 is 2.22 bits per heavy atom. The maximum Gasteiger partial charge on any atom is 0.267 e. The molecule has 0 spiro atoms. The van der Waals surface area contributed by atoms with E-state index in [1.165, 1.54) is 0 Å². The van der Waals surface area contributed by atoms with Crippen molar-refractivity contribution >= 4 is 5.91 Å². The van der Waals surface area contributed by atoms with Crippen LogP contribution in [0.1, 0.15) is 24.3 Å². The first-order chi connectivity index (χ1) is 8.65. The van der Waals surface area contributed by atoms with Crippen molar-refractivity contribution in [1.82, 2.24) is 15.2 Å². The topological polar surface area (TPSA) is 55.3 Å². The summed E-state index contributed by atoms with van der Waals surface area (Å²) in [5, 5.41) is 6.15. The Morgan fingerprint density at radius 1 is 1.44 bits per heavy atom. The molecule has 1 heterocycles. The summed E-state index contributed by atoms with van der Waals surface area (Å²) in [5.41, 5.74) is 0.677. The second kappa shape index (κ2) is 7.89. The van der Waals surface area contributed by atoms with Gasteiger partial charge in [-0.15, -0.1) is 0 Å². The predicted octanol–water partition coefficient (Wildman–Crippen LogP) is 0.862. The fourth-order valence-corrected chi connectivity index (χ4v) is 1.63. The zero-order valence-electron chi connectivity index (χ0n) is 11.4. The molecule has 0 radical (unpaired) electrons. The molecule has 102 valence electrons. The summed E-state index contributed by atoms with van der Waals surface area (Å²) in [7, 11) is 1.65. The molecule has 2 N–H and O–H groups in total. The Balaban J connectivity index is 2.39. The van der Waals surface area contributed by atoms with Gasteiger partial charge in [-0.05, 0) is 12.1 Å². The number of hydrogen-bond donors (Lipinski definition) is 2. The van der Waals surface area contributed by atoms with E-state index >= 15 is 0 Å². The molecule has 1 aromatic heterocycles. The van der Waals surface area contributed by atoms with Crippen molar-refractivity contribution in [2.75, 3.05) is 26.8 Å². The van der Waals surface area contributed by atoms with Crippen molar-refractivity contribution in [2.45, 2.75) is 26.4 Å². The number of aromatic nitrogens is 1. The summed E-state index contributed by atoms with van der Waals surface area (Å²) in [4.78, 5) is 11.9. The maximum absolute atomic E-state index is 11.9. The number of hydrogen-bond acceptors (Lipinski definition) is 3. The molecule has 0 fully saturated rings. The average molecular weight is 253 g/mol. The highest BCUT2D eigenvalue weighted by molar-refractivity contribution is 5.92. The third-order valence-corrected chi connectivity index (χ3v) is 2.56. The van der Waals surface area contributed by atoms with E-state index in [4.69, 9.17) is 4.74 Å². The lowest BCUT2D eigenvalue weighted by Gasteiger charge is -2.11. The van der Waals surface area contributed by atoms with Crippen LogP contribution in [-0.4, -0.2) is 43.3 Å². The van der Waals surface area contributed by atoms with Crippen molar-refractivity contribution in [2.24, 2.45) is 0 Å². The van der Waals surface area contributed by atoms with Gasteiger partial charge in [-0.3, -0.25) is 4.79 Å². The molecule has 0 atom stereocenters. The van der Waals surface area contributed by atoms with Crippen LogP contribution in [0.5, 0.6) is 0 Å². The van der Waals surface area contributed by atoms with E-state index in [9.17, 15) is 4.79 Å². The highest BCUT2D eigenvalue weighted by atomic mass is 16.5. The fourth-order valence-electron chi connectivity index (χ4n) is 1.63. The molecular formula is C13H23N3O2. The first-order valence-corrected chi connectivity index (χ1v) is 6.30. The fraction of sp³-hybridized carbons (Fsp3) is 0.615. The Labute approximate surface area is 109 Å². The zero-order valence-corrected chi connectivity index (χ0v) is 11.4. The van der Waals surface area contributed by atoms with E-state index in [-0.39, 0.29) is 5.91 Å². The van der Waals surface area contributed by atoms with Gasteiger partial charge in [0.2, 0.25) is 0 Å². The highest BCUT2D eigenvalue weighted by Crippen LogP contribution is 2.02. The Morgan fingerprint density at radius 3 is 2.89 bits per heavy atom. The molecule has 0 saturated carbocycles. The largest absolute Gasteiger partial charge is 0.383 e. The van der Waals surface area contributed by atoms with E-state index in [0.717, 1.165) is 6.54 Å². The molecule has 0 saturated heterocycles. The van der Waals surface area contributed by atoms with Crippen LogP contribution < -0.4 is 10.6 Å². The van der Waals surface area contributed by atoms with Gasteiger partial charge in [0, 0.05) is 39.0 Å². The van der Waals surface area contributed by atoms with Crippen LogP contribution in [0, 0.1) is 0 Å². The van der Waals surface area contributed by atoms with Crippen molar-refractivity contribution in [1.29, 1.82) is 0 Å².